The molecule has 0 saturated heterocycles. The van der Waals surface area contributed by atoms with E-state index in [1.165, 1.54) is 13.2 Å². The molecule has 1 saturated carbocycles. The Morgan fingerprint density at radius 3 is 2.41 bits per heavy atom. The zero-order chi connectivity index (χ0) is 24.4. The van der Waals surface area contributed by atoms with Crippen LogP contribution in [0.25, 0.3) is 0 Å². The van der Waals surface area contributed by atoms with Crippen LogP contribution in [0, 0.1) is 5.92 Å². The largest absolute Gasteiger partial charge is 0.504 e. The molecule has 7 nitrogen and oxygen atoms in total. The lowest BCUT2D eigenvalue weighted by Crippen LogP contribution is -2.41. The fraction of sp³-hybridized carbons (Fsp3) is 0.370. The van der Waals surface area contributed by atoms with Gasteiger partial charge in [0.1, 0.15) is 11.5 Å². The Bertz CT molecular complexity index is 1160. The molecule has 1 aliphatic carbocycles. The van der Waals surface area contributed by atoms with Gasteiger partial charge in [-0.1, -0.05) is 18.2 Å². The van der Waals surface area contributed by atoms with Crippen molar-refractivity contribution in [2.75, 3.05) is 20.8 Å². The summed E-state index contributed by atoms with van der Waals surface area (Å²) >= 11 is 0. The number of phenolic OH excluding ortho intramolecular Hbond substituents is 1. The quantitative estimate of drug-likeness (QED) is 0.632. The first-order valence-electron chi connectivity index (χ1n) is 11.4. The number of aliphatic imine (C=N–C) groups is 1. The molecule has 2 aliphatic rings. The Kier molecular flexibility index (Phi) is 6.72. The Morgan fingerprint density at radius 2 is 1.76 bits per heavy atom. The first kappa shape index (κ1) is 23.5. The van der Waals surface area contributed by atoms with Gasteiger partial charge in [-0.15, -0.1) is 0 Å². The molecule has 2 aromatic rings. The van der Waals surface area contributed by atoms with Gasteiger partial charge in [0.05, 0.1) is 32.3 Å². The van der Waals surface area contributed by atoms with Gasteiger partial charge in [-0.05, 0) is 61.6 Å². The van der Waals surface area contributed by atoms with Crippen LogP contribution in [0.1, 0.15) is 49.7 Å². The molecule has 0 spiro atoms. The molecule has 1 N–H and O–H groups in total. The van der Waals surface area contributed by atoms with Gasteiger partial charge in [-0.3, -0.25) is 9.79 Å². The minimum absolute atomic E-state index is 0.000311. The van der Waals surface area contributed by atoms with Gasteiger partial charge < -0.3 is 19.3 Å². The van der Waals surface area contributed by atoms with E-state index in [0.29, 0.717) is 42.0 Å². The second-order valence-corrected chi connectivity index (χ2v) is 8.55. The maximum atomic E-state index is 13.6. The monoisotopic (exact) mass is 463 g/mol. The van der Waals surface area contributed by atoms with Crippen molar-refractivity contribution < 1.29 is 28.9 Å². The molecule has 0 bridgehead atoms. The predicted octanol–water partition coefficient (Wildman–Crippen LogP) is 4.55. The van der Waals surface area contributed by atoms with Gasteiger partial charge in [0.2, 0.25) is 0 Å². The van der Waals surface area contributed by atoms with Crippen molar-refractivity contribution in [1.29, 1.82) is 0 Å². The number of aromatic hydroxyl groups is 1. The fourth-order valence-corrected chi connectivity index (χ4v) is 5.02. The van der Waals surface area contributed by atoms with E-state index in [2.05, 4.69) is 0 Å². The van der Waals surface area contributed by atoms with Crippen LogP contribution in [0.5, 0.6) is 17.2 Å². The summed E-state index contributed by atoms with van der Waals surface area (Å²) in [6, 6.07) is 12.7. The van der Waals surface area contributed by atoms with Crippen molar-refractivity contribution in [2.24, 2.45) is 10.9 Å². The van der Waals surface area contributed by atoms with Crippen molar-refractivity contribution in [3.05, 3.63) is 64.9 Å². The number of esters is 1. The minimum atomic E-state index is -0.577. The molecule has 3 atom stereocenters. The number of phenols is 1. The number of benzene rings is 2. The molecule has 0 aromatic heterocycles. The second-order valence-electron chi connectivity index (χ2n) is 8.55. The lowest BCUT2D eigenvalue weighted by atomic mass is 9.66. The van der Waals surface area contributed by atoms with Crippen LogP contribution in [-0.4, -0.2) is 43.4 Å². The Balaban J connectivity index is 1.77. The van der Waals surface area contributed by atoms with Gasteiger partial charge in [-0.2, -0.15) is 0 Å². The maximum Gasteiger partial charge on any atom is 0.336 e. The number of nitrogens with zero attached hydrogens (tertiary/aromatic N) is 1. The third-order valence-electron chi connectivity index (χ3n) is 6.59. The summed E-state index contributed by atoms with van der Waals surface area (Å²) in [4.78, 5) is 31.1. The van der Waals surface area contributed by atoms with Gasteiger partial charge in [-0.25, -0.2) is 4.79 Å². The van der Waals surface area contributed by atoms with Crippen molar-refractivity contribution in [3.8, 4) is 17.2 Å². The van der Waals surface area contributed by atoms with Crippen LogP contribution < -0.4 is 9.47 Å². The minimum Gasteiger partial charge on any atom is -0.504 e. The standard InChI is InChI=1S/C27H29NO6/c1-5-34-23-14-17(8-11-21(23)29)25-24(27(31)33-4)15(2)28-20-12-18(13-22(30)26(20)25)16-6-9-19(32-3)10-7-16/h6-11,14,18,25-26,29H,5,12-13H2,1-4H3/t18-,25+,26?/m0/s1. The van der Waals surface area contributed by atoms with E-state index in [4.69, 9.17) is 19.2 Å². The zero-order valence-corrected chi connectivity index (χ0v) is 19.8. The van der Waals surface area contributed by atoms with Crippen molar-refractivity contribution in [3.63, 3.8) is 0 Å². The van der Waals surface area contributed by atoms with E-state index >= 15 is 0 Å². The SMILES string of the molecule is CCOc1cc([C@@H]2C(C(=O)OC)=C(C)N=C3C[C@H](c4ccc(OC)cc4)CC(=O)C32)ccc1O. The van der Waals surface area contributed by atoms with Gasteiger partial charge in [0.15, 0.2) is 11.5 Å². The number of ketones is 1. The van der Waals surface area contributed by atoms with Gasteiger partial charge in [0, 0.05) is 23.7 Å². The highest BCUT2D eigenvalue weighted by atomic mass is 16.5. The number of hydrogen-bond acceptors (Lipinski definition) is 7. The average molecular weight is 464 g/mol. The summed E-state index contributed by atoms with van der Waals surface area (Å²) in [6.45, 7) is 3.97. The summed E-state index contributed by atoms with van der Waals surface area (Å²) in [6.07, 6.45) is 0.956. The molecule has 34 heavy (non-hydrogen) atoms. The van der Waals surface area contributed by atoms with Gasteiger partial charge in [0.25, 0.3) is 0 Å². The van der Waals surface area contributed by atoms with Crippen LogP contribution in [0.2, 0.25) is 0 Å². The molecule has 2 aromatic carbocycles. The van der Waals surface area contributed by atoms with E-state index < -0.39 is 17.8 Å². The number of allylic oxidation sites excluding steroid dienone is 1. The van der Waals surface area contributed by atoms with Crippen molar-refractivity contribution in [1.82, 2.24) is 0 Å². The Labute approximate surface area is 199 Å². The molecule has 1 unspecified atom stereocenters. The van der Waals surface area contributed by atoms with Crippen LogP contribution in [0.15, 0.2) is 58.7 Å². The van der Waals surface area contributed by atoms with Crippen LogP contribution >= 0.6 is 0 Å². The highest BCUT2D eigenvalue weighted by Gasteiger charge is 2.46. The third-order valence-corrected chi connectivity index (χ3v) is 6.59. The molecule has 1 fully saturated rings. The van der Waals surface area contributed by atoms with E-state index in [-0.39, 0.29) is 17.5 Å². The number of carbonyl (C=O) groups excluding carboxylic acids is 2. The highest BCUT2D eigenvalue weighted by molar-refractivity contribution is 6.12. The van der Waals surface area contributed by atoms with Crippen LogP contribution in [0.3, 0.4) is 0 Å². The first-order chi connectivity index (χ1) is 16.4. The number of methoxy groups -OCH3 is 2. The molecular weight excluding hydrogens is 434 g/mol. The number of fused-ring (bicyclic) bond motifs is 1. The summed E-state index contributed by atoms with van der Waals surface area (Å²) < 4.78 is 15.9. The normalized spacial score (nSPS) is 22.1. The lowest BCUT2D eigenvalue weighted by molar-refractivity contribution is -0.136. The molecule has 178 valence electrons. The topological polar surface area (TPSA) is 94.4 Å². The van der Waals surface area contributed by atoms with Crippen LogP contribution in [0.4, 0.5) is 0 Å². The smallest absolute Gasteiger partial charge is 0.336 e. The maximum absolute atomic E-state index is 13.6. The van der Waals surface area contributed by atoms with Crippen molar-refractivity contribution in [2.45, 2.75) is 38.5 Å². The summed E-state index contributed by atoms with van der Waals surface area (Å²) in [5.41, 5.74) is 3.42. The average Bonchev–Trinajstić information content (AvgIpc) is 2.84. The molecular formula is C27H29NO6. The number of ether oxygens (including phenoxy) is 3. The summed E-state index contributed by atoms with van der Waals surface area (Å²) in [5.74, 6) is -0.555. The number of Topliss-reactive ketones (excluding diaryl/α,β-unsaturated/α-hetero) is 1. The fourth-order valence-electron chi connectivity index (χ4n) is 5.02. The molecule has 0 amide bonds. The van der Waals surface area contributed by atoms with Crippen LogP contribution in [-0.2, 0) is 14.3 Å². The van der Waals surface area contributed by atoms with Gasteiger partial charge >= 0.3 is 5.97 Å². The van der Waals surface area contributed by atoms with Crippen molar-refractivity contribution >= 4 is 17.5 Å². The number of hydrogen-bond donors (Lipinski definition) is 1. The second kappa shape index (κ2) is 9.71. The van der Waals surface area contributed by atoms with E-state index in [0.717, 1.165) is 17.0 Å². The summed E-state index contributed by atoms with van der Waals surface area (Å²) in [7, 11) is 2.94. The Hall–Kier alpha value is -3.61. The molecule has 1 heterocycles. The van der Waals surface area contributed by atoms with E-state index in [9.17, 15) is 14.7 Å². The predicted molar refractivity (Wildman–Crippen MR) is 128 cm³/mol. The molecule has 4 rings (SSSR count). The lowest BCUT2D eigenvalue weighted by Gasteiger charge is -2.38. The van der Waals surface area contributed by atoms with E-state index in [1.807, 2.05) is 31.2 Å². The van der Waals surface area contributed by atoms with E-state index in [1.54, 1.807) is 26.2 Å². The number of carbonyl (C=O) groups is 2. The third kappa shape index (κ3) is 4.30. The zero-order valence-electron chi connectivity index (χ0n) is 19.8. The molecule has 7 heteroatoms. The first-order valence-corrected chi connectivity index (χ1v) is 11.4. The molecule has 1 aliphatic heterocycles. The highest BCUT2D eigenvalue weighted by Crippen LogP contribution is 2.47. The number of rotatable bonds is 6. The molecule has 0 radical (unpaired) electrons. The summed E-state index contributed by atoms with van der Waals surface area (Å²) in [5, 5.41) is 10.2. The Morgan fingerprint density at radius 1 is 1.06 bits per heavy atom.